The summed E-state index contributed by atoms with van der Waals surface area (Å²) in [6.45, 7) is 1.07. The van der Waals surface area contributed by atoms with Crippen molar-refractivity contribution in [2.45, 2.75) is 6.10 Å². The van der Waals surface area contributed by atoms with Crippen molar-refractivity contribution < 1.29 is 9.47 Å². The van der Waals surface area contributed by atoms with Gasteiger partial charge in [-0.3, -0.25) is 4.99 Å². The number of rotatable bonds is 3. The van der Waals surface area contributed by atoms with Crippen LogP contribution in [-0.2, 0) is 0 Å². The zero-order valence-electron chi connectivity index (χ0n) is 10.8. The number of fused-ring (bicyclic) bond motifs is 1. The number of para-hydroxylation sites is 2. The maximum absolute atomic E-state index is 5.92. The molecule has 1 aliphatic heterocycles. The van der Waals surface area contributed by atoms with E-state index in [1.54, 1.807) is 6.21 Å². The first-order valence-corrected chi connectivity index (χ1v) is 6.83. The Hall–Kier alpha value is -2.00. The van der Waals surface area contributed by atoms with Gasteiger partial charge in [-0.1, -0.05) is 35.9 Å². The number of benzene rings is 2. The number of halogens is 1. The standard InChI is InChI=1S/C16H14ClNO2/c17-13-5-3-4-12(8-13)9-18-10-14-11-19-15-6-1-2-7-16(15)20-14/h1-9,14H,10-11H2. The van der Waals surface area contributed by atoms with Crippen LogP contribution in [0.4, 0.5) is 0 Å². The Balaban J connectivity index is 1.60. The van der Waals surface area contributed by atoms with Gasteiger partial charge in [-0.05, 0) is 29.8 Å². The maximum atomic E-state index is 5.92. The van der Waals surface area contributed by atoms with Crippen LogP contribution in [0.15, 0.2) is 53.5 Å². The van der Waals surface area contributed by atoms with E-state index in [1.165, 1.54) is 0 Å². The molecule has 2 aromatic carbocycles. The second-order valence-corrected chi connectivity index (χ2v) is 4.98. The molecule has 1 heterocycles. The summed E-state index contributed by atoms with van der Waals surface area (Å²) < 4.78 is 11.5. The molecule has 3 nitrogen and oxygen atoms in total. The van der Waals surface area contributed by atoms with Gasteiger partial charge in [0.1, 0.15) is 6.61 Å². The minimum atomic E-state index is -0.0552. The first kappa shape index (κ1) is 13.0. The summed E-state index contributed by atoms with van der Waals surface area (Å²) in [4.78, 5) is 4.39. The fourth-order valence-corrected chi connectivity index (χ4v) is 2.21. The number of aliphatic imine (C=N–C) groups is 1. The Bertz CT molecular complexity index is 627. The Morgan fingerprint density at radius 2 is 2.00 bits per heavy atom. The van der Waals surface area contributed by atoms with E-state index in [-0.39, 0.29) is 6.10 Å². The van der Waals surface area contributed by atoms with Crippen molar-refractivity contribution in [2.24, 2.45) is 4.99 Å². The van der Waals surface area contributed by atoms with Gasteiger partial charge in [-0.2, -0.15) is 0 Å². The molecule has 3 rings (SSSR count). The van der Waals surface area contributed by atoms with E-state index in [0.29, 0.717) is 18.2 Å². The van der Waals surface area contributed by atoms with Crippen molar-refractivity contribution >= 4 is 17.8 Å². The fraction of sp³-hybridized carbons (Fsp3) is 0.188. The lowest BCUT2D eigenvalue weighted by atomic mass is 10.2. The highest BCUT2D eigenvalue weighted by molar-refractivity contribution is 6.30. The normalized spacial score (nSPS) is 17.4. The molecule has 20 heavy (non-hydrogen) atoms. The SMILES string of the molecule is Clc1cccc(C=NCC2COc3ccccc3O2)c1. The van der Waals surface area contributed by atoms with Crippen molar-refractivity contribution in [2.75, 3.05) is 13.2 Å². The minimum Gasteiger partial charge on any atom is -0.486 e. The smallest absolute Gasteiger partial charge is 0.161 e. The zero-order valence-corrected chi connectivity index (χ0v) is 11.6. The quantitative estimate of drug-likeness (QED) is 0.808. The molecular formula is C16H14ClNO2. The molecule has 1 atom stereocenters. The monoisotopic (exact) mass is 287 g/mol. The third kappa shape index (κ3) is 3.11. The van der Waals surface area contributed by atoms with Crippen LogP contribution in [0, 0.1) is 0 Å². The summed E-state index contributed by atoms with van der Waals surface area (Å²) in [6, 6.07) is 15.2. The lowest BCUT2D eigenvalue weighted by Crippen LogP contribution is -2.31. The molecule has 0 spiro atoms. The predicted molar refractivity (Wildman–Crippen MR) is 80.3 cm³/mol. The number of nitrogens with zero attached hydrogens (tertiary/aromatic N) is 1. The third-order valence-electron chi connectivity index (χ3n) is 2.97. The van der Waals surface area contributed by atoms with Gasteiger partial charge in [0.25, 0.3) is 0 Å². The van der Waals surface area contributed by atoms with Crippen LogP contribution in [-0.4, -0.2) is 25.5 Å². The summed E-state index contributed by atoms with van der Waals surface area (Å²) >= 11 is 5.92. The Morgan fingerprint density at radius 3 is 2.85 bits per heavy atom. The van der Waals surface area contributed by atoms with Crippen molar-refractivity contribution in [1.29, 1.82) is 0 Å². The molecule has 4 heteroatoms. The second kappa shape index (κ2) is 5.97. The van der Waals surface area contributed by atoms with E-state index in [1.807, 2.05) is 48.5 Å². The molecule has 0 amide bonds. The van der Waals surface area contributed by atoms with Gasteiger partial charge in [0.05, 0.1) is 6.54 Å². The average Bonchev–Trinajstić information content (AvgIpc) is 2.47. The van der Waals surface area contributed by atoms with Gasteiger partial charge in [0.15, 0.2) is 17.6 Å². The summed E-state index contributed by atoms with van der Waals surface area (Å²) in [5.41, 5.74) is 0.981. The van der Waals surface area contributed by atoms with Crippen molar-refractivity contribution in [3.63, 3.8) is 0 Å². The molecule has 0 aliphatic carbocycles. The Morgan fingerprint density at radius 1 is 1.15 bits per heavy atom. The van der Waals surface area contributed by atoms with Gasteiger partial charge in [0.2, 0.25) is 0 Å². The van der Waals surface area contributed by atoms with Crippen LogP contribution >= 0.6 is 11.6 Å². The highest BCUT2D eigenvalue weighted by Gasteiger charge is 2.19. The molecule has 0 radical (unpaired) electrons. The summed E-state index contributed by atoms with van der Waals surface area (Å²) in [5, 5.41) is 0.708. The molecule has 0 saturated carbocycles. The Labute approximate surface area is 122 Å². The number of ether oxygens (including phenoxy) is 2. The van der Waals surface area contributed by atoms with E-state index >= 15 is 0 Å². The predicted octanol–water partition coefficient (Wildman–Crippen LogP) is 3.60. The molecule has 2 aromatic rings. The molecule has 0 bridgehead atoms. The van der Waals surface area contributed by atoms with Gasteiger partial charge >= 0.3 is 0 Å². The number of hydrogen-bond acceptors (Lipinski definition) is 3. The molecular weight excluding hydrogens is 274 g/mol. The largest absolute Gasteiger partial charge is 0.486 e. The van der Waals surface area contributed by atoms with Crippen LogP contribution in [0.3, 0.4) is 0 Å². The van der Waals surface area contributed by atoms with E-state index < -0.39 is 0 Å². The van der Waals surface area contributed by atoms with Crippen LogP contribution in [0.25, 0.3) is 0 Å². The second-order valence-electron chi connectivity index (χ2n) is 4.55. The van der Waals surface area contributed by atoms with Crippen LogP contribution in [0.5, 0.6) is 11.5 Å². The Kier molecular flexibility index (Phi) is 3.88. The molecule has 0 aromatic heterocycles. The minimum absolute atomic E-state index is 0.0552. The lowest BCUT2D eigenvalue weighted by Gasteiger charge is -2.25. The maximum Gasteiger partial charge on any atom is 0.161 e. The molecule has 102 valence electrons. The zero-order chi connectivity index (χ0) is 13.8. The highest BCUT2D eigenvalue weighted by Crippen LogP contribution is 2.30. The summed E-state index contributed by atoms with van der Waals surface area (Å²) in [7, 11) is 0. The molecule has 0 N–H and O–H groups in total. The van der Waals surface area contributed by atoms with Crippen molar-refractivity contribution in [1.82, 2.24) is 0 Å². The molecule has 1 unspecified atom stereocenters. The van der Waals surface area contributed by atoms with E-state index in [2.05, 4.69) is 4.99 Å². The molecule has 0 saturated heterocycles. The fourth-order valence-electron chi connectivity index (χ4n) is 2.02. The first-order valence-electron chi connectivity index (χ1n) is 6.45. The van der Waals surface area contributed by atoms with Crippen LogP contribution in [0.2, 0.25) is 5.02 Å². The summed E-state index contributed by atoms with van der Waals surface area (Å²) in [5.74, 6) is 1.57. The molecule has 0 fully saturated rings. The topological polar surface area (TPSA) is 30.8 Å². The number of hydrogen-bond donors (Lipinski definition) is 0. The van der Waals surface area contributed by atoms with Crippen LogP contribution < -0.4 is 9.47 Å². The van der Waals surface area contributed by atoms with Crippen molar-refractivity contribution in [3.8, 4) is 11.5 Å². The average molecular weight is 288 g/mol. The third-order valence-corrected chi connectivity index (χ3v) is 3.20. The van der Waals surface area contributed by atoms with Gasteiger partial charge in [-0.25, -0.2) is 0 Å². The van der Waals surface area contributed by atoms with E-state index in [4.69, 9.17) is 21.1 Å². The first-order chi connectivity index (χ1) is 9.81. The van der Waals surface area contributed by atoms with Crippen LogP contribution in [0.1, 0.15) is 5.56 Å². The van der Waals surface area contributed by atoms with Crippen molar-refractivity contribution in [3.05, 3.63) is 59.1 Å². The van der Waals surface area contributed by atoms with E-state index in [0.717, 1.165) is 17.1 Å². The van der Waals surface area contributed by atoms with Gasteiger partial charge in [0, 0.05) is 11.2 Å². The molecule has 1 aliphatic rings. The lowest BCUT2D eigenvalue weighted by molar-refractivity contribution is 0.0973. The summed E-state index contributed by atoms with van der Waals surface area (Å²) in [6.07, 6.45) is 1.75. The highest BCUT2D eigenvalue weighted by atomic mass is 35.5. The van der Waals surface area contributed by atoms with E-state index in [9.17, 15) is 0 Å². The van der Waals surface area contributed by atoms with Gasteiger partial charge < -0.3 is 9.47 Å². The van der Waals surface area contributed by atoms with Gasteiger partial charge in [-0.15, -0.1) is 0 Å².